The van der Waals surface area contributed by atoms with Crippen molar-refractivity contribution in [2.24, 2.45) is 17.6 Å². The Balaban J connectivity index is 2.59. The first-order valence-electron chi connectivity index (χ1n) is 7.52. The van der Waals surface area contributed by atoms with Gasteiger partial charge in [0.15, 0.2) is 0 Å². The molecule has 0 spiro atoms. The van der Waals surface area contributed by atoms with Crippen LogP contribution >= 0.6 is 0 Å². The summed E-state index contributed by atoms with van der Waals surface area (Å²) in [6, 6.07) is 8.55. The highest BCUT2D eigenvalue weighted by Crippen LogP contribution is 2.11. The number of hydrogen-bond donors (Lipinski definition) is 1. The van der Waals surface area contributed by atoms with E-state index >= 15 is 0 Å². The van der Waals surface area contributed by atoms with E-state index in [1.54, 1.807) is 0 Å². The van der Waals surface area contributed by atoms with Crippen LogP contribution in [0, 0.1) is 11.8 Å². The van der Waals surface area contributed by atoms with Crippen LogP contribution < -0.4 is 5.73 Å². The molecule has 2 nitrogen and oxygen atoms in total. The van der Waals surface area contributed by atoms with Gasteiger partial charge in [-0.05, 0) is 29.4 Å². The third-order valence-electron chi connectivity index (χ3n) is 3.28. The summed E-state index contributed by atoms with van der Waals surface area (Å²) in [5.41, 5.74) is 8.50. The van der Waals surface area contributed by atoms with E-state index < -0.39 is 0 Å². The number of benzene rings is 1. The smallest absolute Gasteiger partial charge is 0.0180 e. The lowest BCUT2D eigenvalue weighted by Crippen LogP contribution is -2.33. The maximum Gasteiger partial charge on any atom is 0.0180 e. The number of nitrogens with two attached hydrogens (primary N) is 1. The lowest BCUT2D eigenvalue weighted by Gasteiger charge is -2.26. The second kappa shape index (κ2) is 8.34. The molecule has 2 heteroatoms. The fourth-order valence-electron chi connectivity index (χ4n) is 2.57. The molecule has 108 valence electrons. The molecule has 0 heterocycles. The Bertz CT molecular complexity index is 348. The molecule has 0 fully saturated rings. The van der Waals surface area contributed by atoms with Crippen LogP contribution in [0.1, 0.15) is 38.8 Å². The molecule has 0 saturated carbocycles. The quantitative estimate of drug-likeness (QED) is 0.779. The van der Waals surface area contributed by atoms with Crippen LogP contribution in [-0.2, 0) is 13.0 Å². The van der Waals surface area contributed by atoms with Gasteiger partial charge in [-0.1, -0.05) is 52.0 Å². The molecule has 1 rings (SSSR count). The topological polar surface area (TPSA) is 29.3 Å². The second-order valence-corrected chi connectivity index (χ2v) is 6.27. The highest BCUT2D eigenvalue weighted by atomic mass is 15.1. The number of rotatable bonds is 8. The molecule has 0 aliphatic rings. The first kappa shape index (κ1) is 16.2. The van der Waals surface area contributed by atoms with E-state index in [-0.39, 0.29) is 0 Å². The van der Waals surface area contributed by atoms with Gasteiger partial charge in [0, 0.05) is 26.2 Å². The Morgan fingerprint density at radius 2 is 1.47 bits per heavy atom. The monoisotopic (exact) mass is 262 g/mol. The molecule has 0 aliphatic carbocycles. The van der Waals surface area contributed by atoms with Crippen LogP contribution in [0.15, 0.2) is 24.3 Å². The summed E-state index contributed by atoms with van der Waals surface area (Å²) >= 11 is 0. The van der Waals surface area contributed by atoms with Crippen molar-refractivity contribution in [1.29, 1.82) is 0 Å². The summed E-state index contributed by atoms with van der Waals surface area (Å²) in [6.45, 7) is 13.3. The molecule has 0 bridgehead atoms. The minimum atomic E-state index is 0.643. The van der Waals surface area contributed by atoms with Gasteiger partial charge in [-0.2, -0.15) is 0 Å². The predicted molar refractivity (Wildman–Crippen MR) is 84.2 cm³/mol. The minimum absolute atomic E-state index is 0.643. The summed E-state index contributed by atoms with van der Waals surface area (Å²) in [5.74, 6) is 1.45. The Hall–Kier alpha value is -0.860. The van der Waals surface area contributed by atoms with Gasteiger partial charge in [-0.25, -0.2) is 0 Å². The zero-order valence-electron chi connectivity index (χ0n) is 13.0. The highest BCUT2D eigenvalue weighted by molar-refractivity contribution is 5.27. The summed E-state index contributed by atoms with van der Waals surface area (Å²) in [5, 5.41) is 0. The maximum atomic E-state index is 5.80. The summed E-state index contributed by atoms with van der Waals surface area (Å²) in [6.07, 6.45) is 1.10. The highest BCUT2D eigenvalue weighted by Gasteiger charge is 2.10. The molecule has 2 N–H and O–H groups in total. The van der Waals surface area contributed by atoms with Gasteiger partial charge in [0.05, 0.1) is 0 Å². The van der Waals surface area contributed by atoms with E-state index in [1.807, 2.05) is 0 Å². The van der Waals surface area contributed by atoms with Crippen molar-refractivity contribution >= 4 is 0 Å². The van der Waals surface area contributed by atoms with Crippen LogP contribution in [0.25, 0.3) is 0 Å². The lowest BCUT2D eigenvalue weighted by molar-refractivity contribution is 0.221. The van der Waals surface area contributed by atoms with Crippen LogP contribution in [0.4, 0.5) is 0 Å². The van der Waals surface area contributed by atoms with Gasteiger partial charge in [0.25, 0.3) is 0 Å². The van der Waals surface area contributed by atoms with Crippen molar-refractivity contribution in [3.63, 3.8) is 0 Å². The van der Waals surface area contributed by atoms with Crippen LogP contribution in [0.2, 0.25) is 0 Å². The van der Waals surface area contributed by atoms with Gasteiger partial charge in [-0.15, -0.1) is 0 Å². The normalized spacial score (nSPS) is 11.8. The Kier molecular flexibility index (Phi) is 7.11. The zero-order chi connectivity index (χ0) is 14.3. The predicted octanol–water partition coefficient (Wildman–Crippen LogP) is 3.30. The molecule has 0 radical (unpaired) electrons. The molecule has 1 aromatic carbocycles. The van der Waals surface area contributed by atoms with Crippen molar-refractivity contribution < 1.29 is 0 Å². The van der Waals surface area contributed by atoms with Gasteiger partial charge < -0.3 is 10.6 Å². The summed E-state index contributed by atoms with van der Waals surface area (Å²) < 4.78 is 0. The van der Waals surface area contributed by atoms with Crippen molar-refractivity contribution in [1.82, 2.24) is 4.90 Å². The molecule has 0 aromatic heterocycles. The Morgan fingerprint density at radius 1 is 0.947 bits per heavy atom. The maximum absolute atomic E-state index is 5.80. The molecule has 0 aliphatic heterocycles. The molecule has 1 aromatic rings. The lowest BCUT2D eigenvalue weighted by atomic mass is 10.0. The van der Waals surface area contributed by atoms with E-state index in [1.165, 1.54) is 24.2 Å². The second-order valence-electron chi connectivity index (χ2n) is 6.27. The fraction of sp³-hybridized carbons (Fsp3) is 0.647. The first-order valence-corrected chi connectivity index (χ1v) is 7.52. The standard InChI is InChI=1S/C17H30N2/c1-14(2)12-19(13-15(3)4)10-9-16-7-5-6-8-17(16)11-18/h5-8,14-15H,9-13,18H2,1-4H3. The SMILES string of the molecule is CC(C)CN(CCc1ccccc1CN)CC(C)C. The fourth-order valence-corrected chi connectivity index (χ4v) is 2.57. The van der Waals surface area contributed by atoms with E-state index in [4.69, 9.17) is 5.73 Å². The van der Waals surface area contributed by atoms with Gasteiger partial charge in [0.1, 0.15) is 0 Å². The van der Waals surface area contributed by atoms with E-state index in [0.717, 1.165) is 24.8 Å². The van der Waals surface area contributed by atoms with Gasteiger partial charge in [0.2, 0.25) is 0 Å². The van der Waals surface area contributed by atoms with Crippen LogP contribution in [0.5, 0.6) is 0 Å². The molecular formula is C17H30N2. The Morgan fingerprint density at radius 3 is 1.95 bits per heavy atom. The summed E-state index contributed by atoms with van der Waals surface area (Å²) in [7, 11) is 0. The van der Waals surface area contributed by atoms with Crippen LogP contribution in [-0.4, -0.2) is 24.5 Å². The molecule has 0 saturated heterocycles. The van der Waals surface area contributed by atoms with Crippen molar-refractivity contribution in [2.75, 3.05) is 19.6 Å². The number of nitrogens with zero attached hydrogens (tertiary/aromatic N) is 1. The van der Waals surface area contributed by atoms with E-state index in [9.17, 15) is 0 Å². The summed E-state index contributed by atoms with van der Waals surface area (Å²) in [4.78, 5) is 2.59. The third kappa shape index (κ3) is 6.22. The van der Waals surface area contributed by atoms with E-state index in [0.29, 0.717) is 6.54 Å². The van der Waals surface area contributed by atoms with Crippen molar-refractivity contribution in [3.05, 3.63) is 35.4 Å². The first-order chi connectivity index (χ1) is 9.02. The third-order valence-corrected chi connectivity index (χ3v) is 3.28. The number of hydrogen-bond acceptors (Lipinski definition) is 2. The van der Waals surface area contributed by atoms with Crippen molar-refractivity contribution in [3.8, 4) is 0 Å². The van der Waals surface area contributed by atoms with E-state index in [2.05, 4.69) is 56.9 Å². The molecular weight excluding hydrogens is 232 g/mol. The van der Waals surface area contributed by atoms with Crippen LogP contribution in [0.3, 0.4) is 0 Å². The largest absolute Gasteiger partial charge is 0.326 e. The van der Waals surface area contributed by atoms with Gasteiger partial charge in [-0.3, -0.25) is 0 Å². The minimum Gasteiger partial charge on any atom is -0.326 e. The molecule has 19 heavy (non-hydrogen) atoms. The molecule has 0 atom stereocenters. The van der Waals surface area contributed by atoms with Gasteiger partial charge >= 0.3 is 0 Å². The Labute approximate surface area is 119 Å². The zero-order valence-corrected chi connectivity index (χ0v) is 13.0. The van der Waals surface area contributed by atoms with Crippen molar-refractivity contribution in [2.45, 2.75) is 40.7 Å². The average Bonchev–Trinajstić information content (AvgIpc) is 2.35. The average molecular weight is 262 g/mol. The molecule has 0 unspecified atom stereocenters. The molecule has 0 amide bonds.